The Balaban J connectivity index is 2.32. The van der Waals surface area contributed by atoms with E-state index in [-0.39, 0.29) is 21.4 Å². The molecule has 0 atom stereocenters. The Morgan fingerprint density at radius 2 is 1.90 bits per heavy atom. The number of sulfonamides is 1. The smallest absolute Gasteiger partial charge is 0.238 e. The maximum absolute atomic E-state index is 13.3. The second kappa shape index (κ2) is 5.69. The highest BCUT2D eigenvalue weighted by Gasteiger charge is 2.12. The highest BCUT2D eigenvalue weighted by molar-refractivity contribution is 9.10. The second-order valence-electron chi connectivity index (χ2n) is 3.82. The molecule has 2 aromatic rings. The SMILES string of the molecule is NS(=O)(=O)c1ccc(Oc2ccc(Br)c(F)c2)c(Cl)c1. The van der Waals surface area contributed by atoms with Crippen molar-refractivity contribution in [2.75, 3.05) is 0 Å². The van der Waals surface area contributed by atoms with Gasteiger partial charge in [0.15, 0.2) is 0 Å². The van der Waals surface area contributed by atoms with Crippen LogP contribution in [-0.4, -0.2) is 8.42 Å². The molecule has 4 nitrogen and oxygen atoms in total. The third kappa shape index (κ3) is 3.49. The second-order valence-corrected chi connectivity index (χ2v) is 6.64. The predicted molar refractivity (Wildman–Crippen MR) is 77.0 cm³/mol. The third-order valence-electron chi connectivity index (χ3n) is 2.35. The molecular weight excluding hydrogens is 373 g/mol. The van der Waals surface area contributed by atoms with E-state index in [4.69, 9.17) is 21.5 Å². The van der Waals surface area contributed by atoms with Crippen molar-refractivity contribution >= 4 is 37.6 Å². The summed E-state index contributed by atoms with van der Waals surface area (Å²) in [4.78, 5) is -0.128. The Morgan fingerprint density at radius 3 is 2.45 bits per heavy atom. The van der Waals surface area contributed by atoms with E-state index in [1.54, 1.807) is 0 Å². The minimum Gasteiger partial charge on any atom is -0.456 e. The average molecular weight is 381 g/mol. The Kier molecular flexibility index (Phi) is 4.33. The fourth-order valence-electron chi connectivity index (χ4n) is 1.41. The van der Waals surface area contributed by atoms with Crippen molar-refractivity contribution in [3.05, 3.63) is 51.7 Å². The first-order valence-electron chi connectivity index (χ1n) is 5.22. The zero-order chi connectivity index (χ0) is 14.9. The molecule has 20 heavy (non-hydrogen) atoms. The summed E-state index contributed by atoms with van der Waals surface area (Å²) in [6.45, 7) is 0. The van der Waals surface area contributed by atoms with Gasteiger partial charge in [0.1, 0.15) is 17.3 Å². The quantitative estimate of drug-likeness (QED) is 0.883. The van der Waals surface area contributed by atoms with E-state index in [0.717, 1.165) is 0 Å². The van der Waals surface area contributed by atoms with Crippen molar-refractivity contribution < 1.29 is 17.5 Å². The third-order valence-corrected chi connectivity index (χ3v) is 4.20. The van der Waals surface area contributed by atoms with Gasteiger partial charge in [0.25, 0.3) is 0 Å². The maximum Gasteiger partial charge on any atom is 0.238 e. The van der Waals surface area contributed by atoms with Gasteiger partial charge in [0, 0.05) is 6.07 Å². The summed E-state index contributed by atoms with van der Waals surface area (Å²) in [5.74, 6) is -0.0588. The van der Waals surface area contributed by atoms with Gasteiger partial charge in [-0.1, -0.05) is 11.6 Å². The van der Waals surface area contributed by atoms with Gasteiger partial charge in [-0.25, -0.2) is 17.9 Å². The average Bonchev–Trinajstić information content (AvgIpc) is 2.35. The summed E-state index contributed by atoms with van der Waals surface area (Å²) in [7, 11) is -3.83. The van der Waals surface area contributed by atoms with Crippen LogP contribution in [0.25, 0.3) is 0 Å². The molecule has 8 heteroatoms. The molecule has 0 bridgehead atoms. The van der Waals surface area contributed by atoms with Crippen LogP contribution in [0.1, 0.15) is 0 Å². The van der Waals surface area contributed by atoms with Gasteiger partial charge in [0.05, 0.1) is 14.4 Å². The van der Waals surface area contributed by atoms with Crippen LogP contribution < -0.4 is 9.88 Å². The first-order valence-corrected chi connectivity index (χ1v) is 7.94. The van der Waals surface area contributed by atoms with Gasteiger partial charge in [-0.05, 0) is 46.3 Å². The van der Waals surface area contributed by atoms with Crippen molar-refractivity contribution in [2.24, 2.45) is 5.14 Å². The minimum absolute atomic E-state index is 0.0554. The molecule has 106 valence electrons. The van der Waals surface area contributed by atoms with E-state index in [1.165, 1.54) is 36.4 Å². The number of hydrogen-bond donors (Lipinski definition) is 1. The summed E-state index contributed by atoms with van der Waals surface area (Å²) in [6.07, 6.45) is 0. The van der Waals surface area contributed by atoms with Crippen LogP contribution >= 0.6 is 27.5 Å². The number of primary sulfonamides is 1. The first-order chi connectivity index (χ1) is 9.27. The van der Waals surface area contributed by atoms with Crippen molar-refractivity contribution in [3.8, 4) is 11.5 Å². The number of hydrogen-bond acceptors (Lipinski definition) is 3. The summed E-state index contributed by atoms with van der Waals surface area (Å²) in [6, 6.07) is 7.97. The lowest BCUT2D eigenvalue weighted by atomic mass is 10.3. The van der Waals surface area contributed by atoms with Crippen LogP contribution in [0.15, 0.2) is 45.8 Å². The molecule has 0 radical (unpaired) electrons. The maximum atomic E-state index is 13.3. The highest BCUT2D eigenvalue weighted by atomic mass is 79.9. The predicted octanol–water partition coefficient (Wildman–Crippen LogP) is 3.68. The molecule has 0 amide bonds. The largest absolute Gasteiger partial charge is 0.456 e. The molecule has 0 aliphatic heterocycles. The van der Waals surface area contributed by atoms with Crippen molar-refractivity contribution in [2.45, 2.75) is 4.90 Å². The molecule has 0 saturated heterocycles. The molecule has 2 aromatic carbocycles. The lowest BCUT2D eigenvalue weighted by Gasteiger charge is -2.09. The number of ether oxygens (including phenoxy) is 1. The zero-order valence-corrected chi connectivity index (χ0v) is 13.0. The number of benzene rings is 2. The van der Waals surface area contributed by atoms with Gasteiger partial charge in [-0.15, -0.1) is 0 Å². The highest BCUT2D eigenvalue weighted by Crippen LogP contribution is 2.32. The van der Waals surface area contributed by atoms with E-state index >= 15 is 0 Å². The summed E-state index contributed by atoms with van der Waals surface area (Å²) in [5.41, 5.74) is 0. The molecule has 0 saturated carbocycles. The Labute approximate surface area is 128 Å². The zero-order valence-electron chi connectivity index (χ0n) is 9.81. The summed E-state index contributed by atoms with van der Waals surface area (Å²) in [5, 5.41) is 5.04. The van der Waals surface area contributed by atoms with E-state index in [9.17, 15) is 12.8 Å². The van der Waals surface area contributed by atoms with E-state index in [0.29, 0.717) is 4.47 Å². The van der Waals surface area contributed by atoms with Crippen molar-refractivity contribution in [1.82, 2.24) is 0 Å². The van der Waals surface area contributed by atoms with Crippen LogP contribution in [-0.2, 0) is 10.0 Å². The van der Waals surface area contributed by atoms with Gasteiger partial charge < -0.3 is 4.74 Å². The van der Waals surface area contributed by atoms with Gasteiger partial charge in [-0.3, -0.25) is 0 Å². The van der Waals surface area contributed by atoms with Crippen LogP contribution in [0, 0.1) is 5.82 Å². The number of rotatable bonds is 3. The van der Waals surface area contributed by atoms with E-state index < -0.39 is 15.8 Å². The molecule has 0 aliphatic carbocycles. The molecule has 0 aliphatic rings. The van der Waals surface area contributed by atoms with Crippen molar-refractivity contribution in [1.29, 1.82) is 0 Å². The van der Waals surface area contributed by atoms with Gasteiger partial charge >= 0.3 is 0 Å². The lowest BCUT2D eigenvalue weighted by Crippen LogP contribution is -2.11. The Hall–Kier alpha value is -1.15. The summed E-state index contributed by atoms with van der Waals surface area (Å²) >= 11 is 8.93. The van der Waals surface area contributed by atoms with Crippen molar-refractivity contribution in [3.63, 3.8) is 0 Å². The molecule has 2 rings (SSSR count). The minimum atomic E-state index is -3.83. The van der Waals surface area contributed by atoms with E-state index in [1.807, 2.05) is 0 Å². The molecule has 0 aromatic heterocycles. The van der Waals surface area contributed by atoms with Crippen LogP contribution in [0.4, 0.5) is 4.39 Å². The standard InChI is InChI=1S/C12H8BrClFNO3S/c13-9-3-1-7(5-11(9)15)19-12-4-2-8(6-10(12)14)20(16,17)18/h1-6H,(H2,16,17,18). The molecule has 0 fully saturated rings. The fraction of sp³-hybridized carbons (Fsp3) is 0. The molecular formula is C12H8BrClFNO3S. The van der Waals surface area contributed by atoms with Gasteiger partial charge in [-0.2, -0.15) is 0 Å². The molecule has 2 N–H and O–H groups in total. The molecule has 0 spiro atoms. The first kappa shape index (κ1) is 15.2. The normalized spacial score (nSPS) is 11.4. The number of nitrogens with two attached hydrogens (primary N) is 1. The lowest BCUT2D eigenvalue weighted by molar-refractivity contribution is 0.476. The molecule has 0 heterocycles. The number of halogens is 3. The van der Waals surface area contributed by atoms with Gasteiger partial charge in [0.2, 0.25) is 10.0 Å². The molecule has 0 unspecified atom stereocenters. The van der Waals surface area contributed by atoms with Crippen LogP contribution in [0.2, 0.25) is 5.02 Å². The van der Waals surface area contributed by atoms with Crippen LogP contribution in [0.5, 0.6) is 11.5 Å². The van der Waals surface area contributed by atoms with E-state index in [2.05, 4.69) is 15.9 Å². The fourth-order valence-corrected chi connectivity index (χ4v) is 2.48. The monoisotopic (exact) mass is 379 g/mol. The Bertz CT molecular complexity index is 767. The summed E-state index contributed by atoms with van der Waals surface area (Å²) < 4.78 is 41.4. The Morgan fingerprint density at radius 1 is 1.20 bits per heavy atom. The topological polar surface area (TPSA) is 69.4 Å². The van der Waals surface area contributed by atoms with Crippen LogP contribution in [0.3, 0.4) is 0 Å².